The van der Waals surface area contributed by atoms with Gasteiger partial charge in [0.2, 0.25) is 0 Å². The van der Waals surface area contributed by atoms with E-state index in [0.717, 1.165) is 18.4 Å². The third-order valence-corrected chi connectivity index (χ3v) is 5.86. The second-order valence-corrected chi connectivity index (χ2v) is 7.17. The van der Waals surface area contributed by atoms with Crippen LogP contribution in [0.25, 0.3) is 0 Å². The Morgan fingerprint density at radius 3 is 2.30 bits per heavy atom. The largest absolute Gasteiger partial charge is 0.370 e. The predicted molar refractivity (Wildman–Crippen MR) is 86.0 cm³/mol. The molecule has 0 aromatic rings. The molecule has 0 heterocycles. The molecule has 2 fully saturated rings. The molecule has 2 aliphatic rings. The lowest BCUT2D eigenvalue weighted by atomic mass is 9.76. The predicted octanol–water partition coefficient (Wildman–Crippen LogP) is 4.53. The summed E-state index contributed by atoms with van der Waals surface area (Å²) in [6.45, 7) is 5.71. The molecule has 2 heteroatoms. The lowest BCUT2D eigenvalue weighted by Gasteiger charge is -2.45. The molecule has 0 aromatic carbocycles. The van der Waals surface area contributed by atoms with Gasteiger partial charge in [-0.15, -0.1) is 0 Å². The fraction of sp³-hybridized carbons (Fsp3) is 1.00. The zero-order valence-electron chi connectivity index (χ0n) is 13.9. The smallest absolute Gasteiger partial charge is 0.0810 e. The SMILES string of the molecule is CCC1CCC(CNC)(OC2CCCCC2CC)CC1. The maximum Gasteiger partial charge on any atom is 0.0810 e. The second-order valence-electron chi connectivity index (χ2n) is 7.17. The Morgan fingerprint density at radius 1 is 1.00 bits per heavy atom. The number of ether oxygens (including phenoxy) is 1. The van der Waals surface area contributed by atoms with Gasteiger partial charge in [0, 0.05) is 6.54 Å². The normalized spacial score (nSPS) is 38.9. The van der Waals surface area contributed by atoms with Crippen LogP contribution in [-0.2, 0) is 4.74 Å². The van der Waals surface area contributed by atoms with Gasteiger partial charge in [-0.1, -0.05) is 39.5 Å². The molecule has 0 amide bonds. The Kier molecular flexibility index (Phi) is 6.35. The van der Waals surface area contributed by atoms with Crippen molar-refractivity contribution in [2.75, 3.05) is 13.6 Å². The maximum atomic E-state index is 6.79. The summed E-state index contributed by atoms with van der Waals surface area (Å²) in [6, 6.07) is 0. The van der Waals surface area contributed by atoms with Crippen molar-refractivity contribution in [1.29, 1.82) is 0 Å². The summed E-state index contributed by atoms with van der Waals surface area (Å²) in [5, 5.41) is 3.41. The first-order valence-electron chi connectivity index (χ1n) is 9.05. The number of likely N-dealkylation sites (N-methyl/N-ethyl adjacent to an activating group) is 1. The zero-order valence-corrected chi connectivity index (χ0v) is 13.9. The van der Waals surface area contributed by atoms with Gasteiger partial charge < -0.3 is 10.1 Å². The van der Waals surface area contributed by atoms with Gasteiger partial charge in [0.15, 0.2) is 0 Å². The molecular formula is C18H35NO. The summed E-state index contributed by atoms with van der Waals surface area (Å²) in [5.41, 5.74) is 0.135. The first-order valence-corrected chi connectivity index (χ1v) is 9.05. The standard InChI is InChI=1S/C18H35NO/c1-4-15-10-12-18(13-11-15,14-19-3)20-17-9-7-6-8-16(17)5-2/h15-17,19H,4-14H2,1-3H3. The van der Waals surface area contributed by atoms with Crippen LogP contribution in [0.4, 0.5) is 0 Å². The highest BCUT2D eigenvalue weighted by Crippen LogP contribution is 2.40. The van der Waals surface area contributed by atoms with Gasteiger partial charge >= 0.3 is 0 Å². The van der Waals surface area contributed by atoms with Crippen molar-refractivity contribution in [3.63, 3.8) is 0 Å². The maximum absolute atomic E-state index is 6.79. The fourth-order valence-corrected chi connectivity index (χ4v) is 4.39. The van der Waals surface area contributed by atoms with E-state index >= 15 is 0 Å². The quantitative estimate of drug-likeness (QED) is 0.772. The molecule has 2 atom stereocenters. The van der Waals surface area contributed by atoms with Crippen LogP contribution in [-0.4, -0.2) is 25.3 Å². The molecule has 0 aliphatic heterocycles. The lowest BCUT2D eigenvalue weighted by Crippen LogP contribution is -2.49. The Balaban J connectivity index is 1.97. The van der Waals surface area contributed by atoms with E-state index in [4.69, 9.17) is 4.74 Å². The van der Waals surface area contributed by atoms with Gasteiger partial charge in [0.05, 0.1) is 11.7 Å². The van der Waals surface area contributed by atoms with Crippen LogP contribution in [0.2, 0.25) is 0 Å². The van der Waals surface area contributed by atoms with Crippen LogP contribution in [0, 0.1) is 11.8 Å². The minimum atomic E-state index is 0.135. The fourth-order valence-electron chi connectivity index (χ4n) is 4.39. The molecule has 0 radical (unpaired) electrons. The van der Waals surface area contributed by atoms with E-state index in [-0.39, 0.29) is 5.60 Å². The van der Waals surface area contributed by atoms with E-state index < -0.39 is 0 Å². The van der Waals surface area contributed by atoms with Crippen molar-refractivity contribution < 1.29 is 4.74 Å². The average Bonchev–Trinajstić information content (AvgIpc) is 2.49. The number of hydrogen-bond acceptors (Lipinski definition) is 2. The molecule has 20 heavy (non-hydrogen) atoms. The minimum absolute atomic E-state index is 0.135. The summed E-state index contributed by atoms with van der Waals surface area (Å²) in [7, 11) is 2.08. The van der Waals surface area contributed by atoms with Crippen molar-refractivity contribution in [2.24, 2.45) is 11.8 Å². The molecule has 0 spiro atoms. The first-order chi connectivity index (χ1) is 9.73. The van der Waals surface area contributed by atoms with Crippen molar-refractivity contribution in [3.8, 4) is 0 Å². The highest BCUT2D eigenvalue weighted by molar-refractivity contribution is 4.91. The molecule has 2 nitrogen and oxygen atoms in total. The number of rotatable bonds is 6. The van der Waals surface area contributed by atoms with Gasteiger partial charge in [0.1, 0.15) is 0 Å². The molecule has 1 N–H and O–H groups in total. The minimum Gasteiger partial charge on any atom is -0.370 e. The number of nitrogens with one attached hydrogen (secondary N) is 1. The Bertz CT molecular complexity index is 271. The lowest BCUT2D eigenvalue weighted by molar-refractivity contribution is -0.145. The van der Waals surface area contributed by atoms with Crippen LogP contribution in [0.15, 0.2) is 0 Å². The molecule has 2 aliphatic carbocycles. The molecular weight excluding hydrogens is 246 g/mol. The van der Waals surface area contributed by atoms with Crippen LogP contribution in [0.3, 0.4) is 0 Å². The van der Waals surface area contributed by atoms with E-state index in [9.17, 15) is 0 Å². The van der Waals surface area contributed by atoms with Crippen molar-refractivity contribution >= 4 is 0 Å². The van der Waals surface area contributed by atoms with Gasteiger partial charge in [-0.2, -0.15) is 0 Å². The average molecular weight is 281 g/mol. The summed E-state index contributed by atoms with van der Waals surface area (Å²) < 4.78 is 6.79. The highest BCUT2D eigenvalue weighted by Gasteiger charge is 2.39. The van der Waals surface area contributed by atoms with Crippen molar-refractivity contribution in [2.45, 2.75) is 89.8 Å². The van der Waals surface area contributed by atoms with Crippen LogP contribution < -0.4 is 5.32 Å². The molecule has 118 valence electrons. The Labute approximate surface area is 126 Å². The second kappa shape index (κ2) is 7.79. The third-order valence-electron chi connectivity index (χ3n) is 5.86. The van der Waals surface area contributed by atoms with Gasteiger partial charge in [-0.25, -0.2) is 0 Å². The van der Waals surface area contributed by atoms with Crippen LogP contribution >= 0.6 is 0 Å². The topological polar surface area (TPSA) is 21.3 Å². The van der Waals surface area contributed by atoms with Gasteiger partial charge in [0.25, 0.3) is 0 Å². The van der Waals surface area contributed by atoms with Crippen molar-refractivity contribution in [3.05, 3.63) is 0 Å². The monoisotopic (exact) mass is 281 g/mol. The summed E-state index contributed by atoms with van der Waals surface area (Å²) >= 11 is 0. The van der Waals surface area contributed by atoms with Crippen LogP contribution in [0.5, 0.6) is 0 Å². The first kappa shape index (κ1) is 16.3. The highest BCUT2D eigenvalue weighted by atomic mass is 16.5. The van der Waals surface area contributed by atoms with Crippen LogP contribution in [0.1, 0.15) is 78.1 Å². The van der Waals surface area contributed by atoms with E-state index in [1.165, 1.54) is 64.2 Å². The summed E-state index contributed by atoms with van der Waals surface area (Å²) in [6.07, 6.45) is 13.9. The molecule has 0 saturated heterocycles. The molecule has 2 saturated carbocycles. The number of hydrogen-bond donors (Lipinski definition) is 1. The molecule has 0 bridgehead atoms. The Hall–Kier alpha value is -0.0800. The summed E-state index contributed by atoms with van der Waals surface area (Å²) in [4.78, 5) is 0. The van der Waals surface area contributed by atoms with E-state index in [0.29, 0.717) is 6.10 Å². The van der Waals surface area contributed by atoms with E-state index in [1.807, 2.05) is 0 Å². The van der Waals surface area contributed by atoms with E-state index in [2.05, 4.69) is 26.2 Å². The molecule has 0 aromatic heterocycles. The zero-order chi connectivity index (χ0) is 14.4. The molecule has 2 unspecified atom stereocenters. The molecule has 2 rings (SSSR count). The van der Waals surface area contributed by atoms with Gasteiger partial charge in [-0.3, -0.25) is 0 Å². The van der Waals surface area contributed by atoms with Crippen molar-refractivity contribution in [1.82, 2.24) is 5.32 Å². The van der Waals surface area contributed by atoms with E-state index in [1.54, 1.807) is 0 Å². The summed E-state index contributed by atoms with van der Waals surface area (Å²) in [5.74, 6) is 1.75. The van der Waals surface area contributed by atoms with Gasteiger partial charge in [-0.05, 0) is 57.4 Å². The third kappa shape index (κ3) is 3.98. The Morgan fingerprint density at radius 2 is 1.70 bits per heavy atom.